The highest BCUT2D eigenvalue weighted by atomic mass is 16.5. The van der Waals surface area contributed by atoms with Crippen LogP contribution in [-0.4, -0.2) is 49.0 Å². The molecule has 0 aliphatic carbocycles. The lowest BCUT2D eigenvalue weighted by Gasteiger charge is -2.36. The molecule has 0 bridgehead atoms. The fourth-order valence-electron chi connectivity index (χ4n) is 3.10. The number of amides is 1. The second kappa shape index (κ2) is 8.18. The Morgan fingerprint density at radius 2 is 1.77 bits per heavy atom. The molecule has 0 radical (unpaired) electrons. The largest absolute Gasteiger partial charge is 0.496 e. The highest BCUT2D eigenvalue weighted by Crippen LogP contribution is 2.20. The van der Waals surface area contributed by atoms with Gasteiger partial charge in [0.25, 0.3) is 0 Å². The van der Waals surface area contributed by atoms with Gasteiger partial charge >= 0.3 is 0 Å². The van der Waals surface area contributed by atoms with Crippen LogP contribution in [0, 0.1) is 5.92 Å². The molecule has 0 spiro atoms. The van der Waals surface area contributed by atoms with Gasteiger partial charge in [0.15, 0.2) is 0 Å². The first-order valence-electron chi connectivity index (χ1n) is 8.32. The molecule has 1 saturated heterocycles. The predicted molar refractivity (Wildman–Crippen MR) is 88.9 cm³/mol. The van der Waals surface area contributed by atoms with Crippen LogP contribution >= 0.6 is 0 Å². The van der Waals surface area contributed by atoms with Gasteiger partial charge in [0, 0.05) is 44.2 Å². The average Bonchev–Trinajstić information content (AvgIpc) is 2.57. The third-order valence-electron chi connectivity index (χ3n) is 4.61. The Morgan fingerprint density at radius 1 is 1.14 bits per heavy atom. The zero-order chi connectivity index (χ0) is 15.9. The summed E-state index contributed by atoms with van der Waals surface area (Å²) in [5.41, 5.74) is 1.21. The molecule has 1 fully saturated rings. The molecule has 2 rings (SSSR count). The number of carbonyl (C=O) groups is 1. The Balaban J connectivity index is 1.88. The maximum atomic E-state index is 12.4. The van der Waals surface area contributed by atoms with Crippen LogP contribution in [0.2, 0.25) is 0 Å². The molecule has 1 aliphatic heterocycles. The first-order chi connectivity index (χ1) is 10.7. The molecule has 0 N–H and O–H groups in total. The summed E-state index contributed by atoms with van der Waals surface area (Å²) in [5.74, 6) is 1.47. The van der Waals surface area contributed by atoms with E-state index in [4.69, 9.17) is 4.74 Å². The highest BCUT2D eigenvalue weighted by molar-refractivity contribution is 5.78. The number of rotatable bonds is 6. The second-order valence-electron chi connectivity index (χ2n) is 5.93. The standard InChI is InChI=1S/C18H28N2O2/c1-4-15(5-2)18(21)20-12-10-19(11-13-20)14-16-8-6-7-9-17(16)22-3/h6-9,15H,4-5,10-14H2,1-3H3. The molecule has 0 atom stereocenters. The summed E-state index contributed by atoms with van der Waals surface area (Å²) in [7, 11) is 1.71. The predicted octanol–water partition coefficient (Wildman–Crippen LogP) is 2.78. The van der Waals surface area contributed by atoms with Crippen molar-refractivity contribution in [3.05, 3.63) is 29.8 Å². The van der Waals surface area contributed by atoms with Gasteiger partial charge < -0.3 is 9.64 Å². The van der Waals surface area contributed by atoms with E-state index in [-0.39, 0.29) is 5.92 Å². The van der Waals surface area contributed by atoms with Crippen LogP contribution in [0.25, 0.3) is 0 Å². The van der Waals surface area contributed by atoms with Gasteiger partial charge in [0.05, 0.1) is 7.11 Å². The van der Waals surface area contributed by atoms with Crippen molar-refractivity contribution >= 4 is 5.91 Å². The van der Waals surface area contributed by atoms with Crippen molar-refractivity contribution in [1.82, 2.24) is 9.80 Å². The highest BCUT2D eigenvalue weighted by Gasteiger charge is 2.25. The van der Waals surface area contributed by atoms with E-state index in [9.17, 15) is 4.79 Å². The Bertz CT molecular complexity index is 478. The number of methoxy groups -OCH3 is 1. The normalized spacial score (nSPS) is 16.1. The van der Waals surface area contributed by atoms with E-state index in [0.29, 0.717) is 5.91 Å². The van der Waals surface area contributed by atoms with Gasteiger partial charge in [-0.25, -0.2) is 0 Å². The fraction of sp³-hybridized carbons (Fsp3) is 0.611. The van der Waals surface area contributed by atoms with Crippen molar-refractivity contribution in [3.63, 3.8) is 0 Å². The molecule has 1 aromatic rings. The summed E-state index contributed by atoms with van der Waals surface area (Å²) >= 11 is 0. The molecule has 1 amide bonds. The molecule has 122 valence electrons. The smallest absolute Gasteiger partial charge is 0.225 e. The number of piperazine rings is 1. The van der Waals surface area contributed by atoms with Gasteiger partial charge in [-0.2, -0.15) is 0 Å². The minimum atomic E-state index is 0.195. The van der Waals surface area contributed by atoms with Crippen LogP contribution in [0.1, 0.15) is 32.3 Å². The van der Waals surface area contributed by atoms with Crippen LogP contribution in [0.3, 0.4) is 0 Å². The fourth-order valence-corrected chi connectivity index (χ4v) is 3.10. The van der Waals surface area contributed by atoms with Gasteiger partial charge in [-0.05, 0) is 18.9 Å². The van der Waals surface area contributed by atoms with Crippen molar-refractivity contribution in [2.45, 2.75) is 33.2 Å². The number of carbonyl (C=O) groups excluding carboxylic acids is 1. The SMILES string of the molecule is CCC(CC)C(=O)N1CCN(Cc2ccccc2OC)CC1. The van der Waals surface area contributed by atoms with Crippen molar-refractivity contribution in [2.75, 3.05) is 33.3 Å². The van der Waals surface area contributed by atoms with Gasteiger partial charge in [-0.3, -0.25) is 9.69 Å². The summed E-state index contributed by atoms with van der Waals surface area (Å²) in [4.78, 5) is 16.8. The zero-order valence-electron chi connectivity index (χ0n) is 14.0. The zero-order valence-corrected chi connectivity index (χ0v) is 14.0. The van der Waals surface area contributed by atoms with Crippen molar-refractivity contribution in [2.24, 2.45) is 5.92 Å². The number of nitrogens with zero attached hydrogens (tertiary/aromatic N) is 2. The molecule has 0 aromatic heterocycles. The van der Waals surface area contributed by atoms with Crippen LogP contribution in [-0.2, 0) is 11.3 Å². The van der Waals surface area contributed by atoms with E-state index < -0.39 is 0 Å². The topological polar surface area (TPSA) is 32.8 Å². The van der Waals surface area contributed by atoms with E-state index in [1.54, 1.807) is 7.11 Å². The van der Waals surface area contributed by atoms with Crippen molar-refractivity contribution < 1.29 is 9.53 Å². The molecule has 1 aromatic carbocycles. The van der Waals surface area contributed by atoms with Crippen LogP contribution < -0.4 is 4.74 Å². The van der Waals surface area contributed by atoms with E-state index in [1.165, 1.54) is 5.56 Å². The number of hydrogen-bond acceptors (Lipinski definition) is 3. The van der Waals surface area contributed by atoms with Crippen LogP contribution in [0.5, 0.6) is 5.75 Å². The molecule has 1 heterocycles. The Kier molecular flexibility index (Phi) is 6.25. The Morgan fingerprint density at radius 3 is 2.36 bits per heavy atom. The van der Waals surface area contributed by atoms with Crippen LogP contribution in [0.4, 0.5) is 0 Å². The molecular weight excluding hydrogens is 276 g/mol. The minimum Gasteiger partial charge on any atom is -0.496 e. The van der Waals surface area contributed by atoms with Gasteiger partial charge in [0.1, 0.15) is 5.75 Å². The lowest BCUT2D eigenvalue weighted by molar-refractivity contribution is -0.137. The van der Waals surface area contributed by atoms with Gasteiger partial charge in [-0.1, -0.05) is 32.0 Å². The summed E-state index contributed by atoms with van der Waals surface area (Å²) < 4.78 is 5.42. The summed E-state index contributed by atoms with van der Waals surface area (Å²) in [6.07, 6.45) is 1.88. The molecule has 22 heavy (non-hydrogen) atoms. The lowest BCUT2D eigenvalue weighted by Crippen LogP contribution is -2.49. The van der Waals surface area contributed by atoms with Crippen molar-refractivity contribution in [3.8, 4) is 5.75 Å². The number of para-hydroxylation sites is 1. The molecule has 4 heteroatoms. The summed E-state index contributed by atoms with van der Waals surface area (Å²) in [6.45, 7) is 8.63. The Hall–Kier alpha value is -1.55. The monoisotopic (exact) mass is 304 g/mol. The third-order valence-corrected chi connectivity index (χ3v) is 4.61. The van der Waals surface area contributed by atoms with E-state index in [1.807, 2.05) is 23.1 Å². The van der Waals surface area contributed by atoms with Gasteiger partial charge in [0.2, 0.25) is 5.91 Å². The molecule has 1 aliphatic rings. The molecule has 4 nitrogen and oxygen atoms in total. The van der Waals surface area contributed by atoms with E-state index in [2.05, 4.69) is 24.8 Å². The lowest BCUT2D eigenvalue weighted by atomic mass is 10.0. The number of hydrogen-bond donors (Lipinski definition) is 0. The van der Waals surface area contributed by atoms with E-state index in [0.717, 1.165) is 51.3 Å². The summed E-state index contributed by atoms with van der Waals surface area (Å²) in [5, 5.41) is 0. The van der Waals surface area contributed by atoms with Crippen LogP contribution in [0.15, 0.2) is 24.3 Å². The maximum Gasteiger partial charge on any atom is 0.225 e. The average molecular weight is 304 g/mol. The minimum absolute atomic E-state index is 0.195. The first kappa shape index (κ1) is 16.8. The number of benzene rings is 1. The summed E-state index contributed by atoms with van der Waals surface area (Å²) in [6, 6.07) is 8.15. The number of ether oxygens (including phenoxy) is 1. The maximum absolute atomic E-state index is 12.4. The second-order valence-corrected chi connectivity index (χ2v) is 5.93. The molecule has 0 unspecified atom stereocenters. The van der Waals surface area contributed by atoms with Crippen molar-refractivity contribution in [1.29, 1.82) is 0 Å². The molecule has 0 saturated carbocycles. The quantitative estimate of drug-likeness (QED) is 0.810. The van der Waals surface area contributed by atoms with Gasteiger partial charge in [-0.15, -0.1) is 0 Å². The first-order valence-corrected chi connectivity index (χ1v) is 8.32. The Labute approximate surface area is 134 Å². The third kappa shape index (κ3) is 4.01. The molecular formula is C18H28N2O2. The van der Waals surface area contributed by atoms with E-state index >= 15 is 0 Å².